The summed E-state index contributed by atoms with van der Waals surface area (Å²) in [6.45, 7) is 5.25. The molecule has 108 valence electrons. The predicted octanol–water partition coefficient (Wildman–Crippen LogP) is 3.73. The summed E-state index contributed by atoms with van der Waals surface area (Å²) in [4.78, 5) is 4.07. The molecule has 1 N–H and O–H groups in total. The molecule has 0 saturated carbocycles. The molecule has 0 aliphatic rings. The Balaban J connectivity index is 1.83. The molecule has 0 spiro atoms. The molecule has 0 bridgehead atoms. The van der Waals surface area contributed by atoms with Crippen LogP contribution in [-0.2, 0) is 13.6 Å². The van der Waals surface area contributed by atoms with Crippen LogP contribution in [0.5, 0.6) is 0 Å². The van der Waals surface area contributed by atoms with E-state index in [1.54, 1.807) is 0 Å². The number of hydrogen-bond donors (Lipinski definition) is 1. The monoisotopic (exact) mass is 279 g/mol. The van der Waals surface area contributed by atoms with Crippen molar-refractivity contribution < 1.29 is 0 Å². The van der Waals surface area contributed by atoms with Crippen molar-refractivity contribution in [3.8, 4) is 0 Å². The lowest BCUT2D eigenvalue weighted by atomic mass is 10.1. The normalized spacial score (nSPS) is 12.7. The Morgan fingerprint density at radius 1 is 1.14 bits per heavy atom. The highest BCUT2D eigenvalue weighted by molar-refractivity contribution is 5.85. The van der Waals surface area contributed by atoms with Gasteiger partial charge in [0.25, 0.3) is 0 Å². The molecule has 21 heavy (non-hydrogen) atoms. The lowest BCUT2D eigenvalue weighted by Gasteiger charge is -2.15. The maximum absolute atomic E-state index is 4.07. The molecule has 0 radical (unpaired) electrons. The quantitative estimate of drug-likeness (QED) is 0.788. The van der Waals surface area contributed by atoms with Crippen molar-refractivity contribution in [1.82, 2.24) is 14.9 Å². The zero-order valence-corrected chi connectivity index (χ0v) is 12.8. The van der Waals surface area contributed by atoms with Crippen LogP contribution >= 0.6 is 0 Å². The van der Waals surface area contributed by atoms with Crippen molar-refractivity contribution in [1.29, 1.82) is 0 Å². The van der Waals surface area contributed by atoms with Crippen molar-refractivity contribution in [2.75, 3.05) is 0 Å². The SMILES string of the molecule is Cc1c(CN[C@H](C)c2ccncc2)n(C)c2ccccc12. The number of aromatic nitrogens is 2. The highest BCUT2D eigenvalue weighted by Gasteiger charge is 2.12. The summed E-state index contributed by atoms with van der Waals surface area (Å²) < 4.78 is 2.29. The van der Waals surface area contributed by atoms with Crippen LogP contribution in [0, 0.1) is 6.92 Å². The Hall–Kier alpha value is -2.13. The van der Waals surface area contributed by atoms with E-state index in [2.05, 4.69) is 72.2 Å². The third-order valence-corrected chi connectivity index (χ3v) is 4.29. The molecule has 0 saturated heterocycles. The van der Waals surface area contributed by atoms with Gasteiger partial charge < -0.3 is 9.88 Å². The second-order valence-electron chi connectivity index (χ2n) is 5.53. The van der Waals surface area contributed by atoms with E-state index in [4.69, 9.17) is 0 Å². The minimum Gasteiger partial charge on any atom is -0.346 e. The first-order valence-electron chi connectivity index (χ1n) is 7.34. The van der Waals surface area contributed by atoms with Crippen LogP contribution in [0.1, 0.15) is 29.8 Å². The van der Waals surface area contributed by atoms with Crippen LogP contribution in [-0.4, -0.2) is 9.55 Å². The van der Waals surface area contributed by atoms with E-state index in [-0.39, 0.29) is 0 Å². The number of pyridine rings is 1. The summed E-state index contributed by atoms with van der Waals surface area (Å²) >= 11 is 0. The van der Waals surface area contributed by atoms with Gasteiger partial charge in [0, 0.05) is 48.6 Å². The molecule has 2 heterocycles. The highest BCUT2D eigenvalue weighted by Crippen LogP contribution is 2.24. The van der Waals surface area contributed by atoms with Crippen LogP contribution in [0.3, 0.4) is 0 Å². The van der Waals surface area contributed by atoms with Gasteiger partial charge in [-0.2, -0.15) is 0 Å². The number of nitrogens with one attached hydrogen (secondary N) is 1. The molecule has 3 rings (SSSR count). The second-order valence-corrected chi connectivity index (χ2v) is 5.53. The molecular weight excluding hydrogens is 258 g/mol. The standard InChI is InChI=1S/C18H21N3/c1-13-16-6-4-5-7-17(16)21(3)18(13)12-20-14(2)15-8-10-19-11-9-15/h4-11,14,20H,12H2,1-3H3/t14-/m1/s1. The van der Waals surface area contributed by atoms with Crippen LogP contribution < -0.4 is 5.32 Å². The molecule has 1 atom stereocenters. The van der Waals surface area contributed by atoms with Gasteiger partial charge >= 0.3 is 0 Å². The Labute approximate surface area is 125 Å². The lowest BCUT2D eigenvalue weighted by Crippen LogP contribution is -2.20. The summed E-state index contributed by atoms with van der Waals surface area (Å²) in [5, 5.41) is 4.95. The van der Waals surface area contributed by atoms with Crippen LogP contribution in [0.15, 0.2) is 48.8 Å². The lowest BCUT2D eigenvalue weighted by molar-refractivity contribution is 0.557. The molecule has 0 aliphatic heterocycles. The number of aryl methyl sites for hydroxylation is 2. The highest BCUT2D eigenvalue weighted by atomic mass is 15.0. The summed E-state index contributed by atoms with van der Waals surface area (Å²) in [6, 6.07) is 13.0. The first kappa shape index (κ1) is 13.8. The second kappa shape index (κ2) is 5.70. The fourth-order valence-corrected chi connectivity index (χ4v) is 2.91. The minimum atomic E-state index is 0.311. The van der Waals surface area contributed by atoms with Gasteiger partial charge in [-0.3, -0.25) is 4.98 Å². The summed E-state index contributed by atoms with van der Waals surface area (Å²) in [7, 11) is 2.14. The van der Waals surface area contributed by atoms with Crippen molar-refractivity contribution in [3.05, 3.63) is 65.6 Å². The molecule has 0 unspecified atom stereocenters. The van der Waals surface area contributed by atoms with Gasteiger partial charge in [-0.1, -0.05) is 18.2 Å². The van der Waals surface area contributed by atoms with Crippen LogP contribution in [0.25, 0.3) is 10.9 Å². The predicted molar refractivity (Wildman–Crippen MR) is 87.1 cm³/mol. The molecule has 0 amide bonds. The number of rotatable bonds is 4. The van der Waals surface area contributed by atoms with E-state index in [1.165, 1.54) is 27.7 Å². The van der Waals surface area contributed by atoms with Crippen LogP contribution in [0.2, 0.25) is 0 Å². The minimum absolute atomic E-state index is 0.311. The van der Waals surface area contributed by atoms with Gasteiger partial charge in [0.1, 0.15) is 0 Å². The molecule has 1 aromatic carbocycles. The van der Waals surface area contributed by atoms with Crippen molar-refractivity contribution in [2.45, 2.75) is 26.4 Å². The maximum Gasteiger partial charge on any atom is 0.0483 e. The fraction of sp³-hybridized carbons (Fsp3) is 0.278. The maximum atomic E-state index is 4.07. The summed E-state index contributed by atoms with van der Waals surface area (Å²) in [6.07, 6.45) is 3.69. The summed E-state index contributed by atoms with van der Waals surface area (Å²) in [5.41, 5.74) is 5.27. The molecule has 3 heteroatoms. The Morgan fingerprint density at radius 3 is 2.57 bits per heavy atom. The van der Waals surface area contributed by atoms with E-state index in [1.807, 2.05) is 12.4 Å². The Morgan fingerprint density at radius 2 is 1.86 bits per heavy atom. The third kappa shape index (κ3) is 2.57. The van der Waals surface area contributed by atoms with Gasteiger partial charge in [0.2, 0.25) is 0 Å². The van der Waals surface area contributed by atoms with E-state index in [0.717, 1.165) is 6.54 Å². The fourth-order valence-electron chi connectivity index (χ4n) is 2.91. The number of hydrogen-bond acceptors (Lipinski definition) is 2. The molecule has 0 aliphatic carbocycles. The van der Waals surface area contributed by atoms with Gasteiger partial charge in [0.05, 0.1) is 0 Å². The zero-order valence-electron chi connectivity index (χ0n) is 12.8. The molecule has 3 aromatic rings. The zero-order chi connectivity index (χ0) is 14.8. The van der Waals surface area contributed by atoms with Crippen molar-refractivity contribution in [3.63, 3.8) is 0 Å². The number of fused-ring (bicyclic) bond motifs is 1. The van der Waals surface area contributed by atoms with Gasteiger partial charge in [-0.25, -0.2) is 0 Å². The third-order valence-electron chi connectivity index (χ3n) is 4.29. The van der Waals surface area contributed by atoms with Crippen LogP contribution in [0.4, 0.5) is 0 Å². The van der Waals surface area contributed by atoms with Gasteiger partial charge in [0.15, 0.2) is 0 Å². The Kier molecular flexibility index (Phi) is 3.76. The molecular formula is C18H21N3. The number of nitrogens with zero attached hydrogens (tertiary/aromatic N) is 2. The van der Waals surface area contributed by atoms with Crippen molar-refractivity contribution >= 4 is 10.9 Å². The van der Waals surface area contributed by atoms with E-state index in [9.17, 15) is 0 Å². The first-order valence-corrected chi connectivity index (χ1v) is 7.34. The van der Waals surface area contributed by atoms with E-state index in [0.29, 0.717) is 6.04 Å². The van der Waals surface area contributed by atoms with E-state index >= 15 is 0 Å². The van der Waals surface area contributed by atoms with Crippen molar-refractivity contribution in [2.24, 2.45) is 7.05 Å². The average Bonchev–Trinajstić information content (AvgIpc) is 2.78. The largest absolute Gasteiger partial charge is 0.346 e. The van der Waals surface area contributed by atoms with E-state index < -0.39 is 0 Å². The smallest absolute Gasteiger partial charge is 0.0483 e. The average molecular weight is 279 g/mol. The van der Waals surface area contributed by atoms with Gasteiger partial charge in [-0.15, -0.1) is 0 Å². The van der Waals surface area contributed by atoms with Gasteiger partial charge in [-0.05, 0) is 43.2 Å². The number of benzene rings is 1. The number of para-hydroxylation sites is 1. The topological polar surface area (TPSA) is 29.9 Å². The Bertz CT molecular complexity index is 705. The first-order chi connectivity index (χ1) is 10.2. The molecule has 0 fully saturated rings. The molecule has 3 nitrogen and oxygen atoms in total. The molecule has 2 aromatic heterocycles. The summed E-state index contributed by atoms with van der Waals surface area (Å²) in [5.74, 6) is 0.